The predicted molar refractivity (Wildman–Crippen MR) is 8.96 cm³/mol. The molecular formula is GdO2S. The molecular weight excluding hydrogens is 221 g/mol. The fourth-order valence-corrected chi connectivity index (χ4v) is 0. The monoisotopic (exact) mass is 222 g/mol. The molecule has 0 atom stereocenters. The Labute approximate surface area is 39.3 Å². The van der Waals surface area contributed by atoms with E-state index < -0.39 is 31.5 Å². The van der Waals surface area contributed by atoms with Crippen molar-refractivity contribution in [2.75, 3.05) is 0 Å². The second kappa shape index (κ2) is 2.39. The van der Waals surface area contributed by atoms with Gasteiger partial charge < -0.3 is 0 Å². The van der Waals surface area contributed by atoms with Gasteiger partial charge in [-0.05, 0) is 0 Å². The third-order valence-corrected chi connectivity index (χ3v) is 0. The van der Waals surface area contributed by atoms with Crippen LogP contribution in [0.5, 0.6) is 0 Å². The minimum absolute atomic E-state index is 3.31. The molecule has 4 heavy (non-hydrogen) atoms. The quantitative estimate of drug-likeness (QED) is 0.594. The van der Waals surface area contributed by atoms with Crippen LogP contribution in [0.4, 0.5) is 0 Å². The van der Waals surface area contributed by atoms with Crippen LogP contribution in [-0.2, 0) is 2.32 Å². The van der Waals surface area contributed by atoms with Crippen molar-refractivity contribution in [3.05, 3.63) is 0 Å². The zero-order valence-electron chi connectivity index (χ0n) is 1.58. The van der Waals surface area contributed by atoms with Gasteiger partial charge in [0, 0.05) is 0 Å². The molecule has 4 heteroatoms. The standard InChI is InChI=1S/Gd.2O.S. The van der Waals surface area contributed by atoms with E-state index in [9.17, 15) is 0 Å². The number of hydrogen-bond acceptors (Lipinski definition) is 3. The maximum absolute atomic E-state index is 8.96. The average molecular weight is 221 g/mol. The predicted octanol–water partition coefficient (Wildman–Crippen LogP) is 0.411. The van der Waals surface area contributed by atoms with Gasteiger partial charge >= 0.3 is 40.0 Å². The molecule has 0 aromatic carbocycles. The molecule has 2 nitrogen and oxygen atoms in total. The normalized spacial score (nSPS) is 8.25. The zero-order valence-corrected chi connectivity index (χ0v) is 4.66. The summed E-state index contributed by atoms with van der Waals surface area (Å²) in [6.45, 7) is 0. The molecule has 0 unspecified atom stereocenters. The molecule has 0 amide bonds. The van der Waals surface area contributed by atoms with Crippen LogP contribution >= 0.6 is 6.17 Å². The first-order chi connectivity index (χ1) is 1.73. The van der Waals surface area contributed by atoms with Crippen LogP contribution in [0.3, 0.4) is 0 Å². The van der Waals surface area contributed by atoms with E-state index >= 15 is 0 Å². The molecule has 0 radical (unpaired) electrons. The number of hydrogen-bond donors (Lipinski definition) is 0. The van der Waals surface area contributed by atoms with Gasteiger partial charge in [0.05, 0.1) is 0 Å². The van der Waals surface area contributed by atoms with Crippen LogP contribution in [0.1, 0.15) is 0 Å². The Morgan fingerprint density at radius 1 is 1.50 bits per heavy atom. The molecule has 0 aliphatic heterocycles. The summed E-state index contributed by atoms with van der Waals surface area (Å²) in [6.07, 6.45) is 3.69. The topological polar surface area (TPSA) is 34.1 Å². The maximum atomic E-state index is 8.96. The van der Waals surface area contributed by atoms with E-state index in [0.717, 1.165) is 0 Å². The van der Waals surface area contributed by atoms with E-state index in [1.54, 1.807) is 0 Å². The van der Waals surface area contributed by atoms with Crippen LogP contribution in [0.25, 0.3) is 0 Å². The van der Waals surface area contributed by atoms with Gasteiger partial charge in [-0.1, -0.05) is 0 Å². The Hall–Kier alpha value is 1.14. The molecule has 0 aliphatic carbocycles. The summed E-state index contributed by atoms with van der Waals surface area (Å²) >= 11 is -3.31. The molecule has 0 N–H and O–H groups in total. The van der Waals surface area contributed by atoms with Crippen LogP contribution in [0, 0.1) is 31.5 Å². The Balaban J connectivity index is 4.65. The van der Waals surface area contributed by atoms with Gasteiger partial charge in [0.2, 0.25) is 0 Å². The van der Waals surface area contributed by atoms with Crippen molar-refractivity contribution in [2.24, 2.45) is 0 Å². The van der Waals surface area contributed by atoms with Crippen molar-refractivity contribution in [3.8, 4) is 0 Å². The Morgan fingerprint density at radius 2 is 1.50 bits per heavy atom. The van der Waals surface area contributed by atoms with Gasteiger partial charge in [-0.2, -0.15) is 0 Å². The third-order valence-electron chi connectivity index (χ3n) is 0. The van der Waals surface area contributed by atoms with Gasteiger partial charge in [-0.3, -0.25) is 0 Å². The van der Waals surface area contributed by atoms with Crippen LogP contribution in [0.2, 0.25) is 0 Å². The molecule has 0 fully saturated rings. The summed E-state index contributed by atoms with van der Waals surface area (Å²) in [5, 5.41) is 0. The molecule has 0 heterocycles. The van der Waals surface area contributed by atoms with E-state index in [-0.39, 0.29) is 0 Å². The second-order valence-corrected chi connectivity index (χ2v) is 3.06. The SMILES string of the molecule is [O]=[Gd](=[O])=[S]. The molecule has 0 saturated carbocycles. The molecule has 0 bridgehead atoms. The fourth-order valence-electron chi connectivity index (χ4n) is 0. The second-order valence-electron chi connectivity index (χ2n) is 0.177. The van der Waals surface area contributed by atoms with Crippen LogP contribution in [0.15, 0.2) is 0 Å². The Kier molecular flexibility index (Phi) is 3.07. The van der Waals surface area contributed by atoms with E-state index in [1.807, 2.05) is 0 Å². The van der Waals surface area contributed by atoms with E-state index in [0.29, 0.717) is 0 Å². The summed E-state index contributed by atoms with van der Waals surface area (Å²) < 4.78 is 17.9. The van der Waals surface area contributed by atoms with Crippen molar-refractivity contribution in [1.82, 2.24) is 0 Å². The summed E-state index contributed by atoms with van der Waals surface area (Å²) in [5.41, 5.74) is 0. The van der Waals surface area contributed by atoms with Crippen molar-refractivity contribution < 1.29 is 33.9 Å². The van der Waals surface area contributed by atoms with E-state index in [4.69, 9.17) is 2.32 Å². The summed E-state index contributed by atoms with van der Waals surface area (Å²) in [7, 11) is 0. The third kappa shape index (κ3) is 11.0. The van der Waals surface area contributed by atoms with E-state index in [2.05, 4.69) is 6.17 Å². The summed E-state index contributed by atoms with van der Waals surface area (Å²) in [4.78, 5) is 0. The van der Waals surface area contributed by atoms with Gasteiger partial charge in [0.1, 0.15) is 0 Å². The van der Waals surface area contributed by atoms with Gasteiger partial charge in [-0.15, -0.1) is 0 Å². The summed E-state index contributed by atoms with van der Waals surface area (Å²) in [6, 6.07) is 0. The van der Waals surface area contributed by atoms with E-state index in [1.165, 1.54) is 0 Å². The van der Waals surface area contributed by atoms with Gasteiger partial charge in [0.25, 0.3) is 0 Å². The summed E-state index contributed by atoms with van der Waals surface area (Å²) in [5.74, 6) is 0. The van der Waals surface area contributed by atoms with Crippen LogP contribution in [-0.4, -0.2) is 0 Å². The molecule has 0 rings (SSSR count). The Bertz CT molecular complexity index is 75.4. The average Bonchev–Trinajstić information content (AvgIpc) is 0.811. The molecule has 26 valence electrons. The van der Waals surface area contributed by atoms with Crippen molar-refractivity contribution in [2.45, 2.75) is 0 Å². The molecule has 0 saturated heterocycles. The van der Waals surface area contributed by atoms with Gasteiger partial charge in [0.15, 0.2) is 0 Å². The molecule has 0 aromatic rings. The fraction of sp³-hybridized carbons (Fsp3) is 0. The Morgan fingerprint density at radius 3 is 1.50 bits per heavy atom. The molecule has 0 spiro atoms. The van der Waals surface area contributed by atoms with Crippen molar-refractivity contribution >= 4 is 6.17 Å². The van der Waals surface area contributed by atoms with Crippen molar-refractivity contribution in [3.63, 3.8) is 0 Å². The first-order valence-electron chi connectivity index (χ1n) is 0.433. The first kappa shape index (κ1) is 5.14. The van der Waals surface area contributed by atoms with Crippen LogP contribution < -0.4 is 0 Å². The minimum atomic E-state index is -3.31. The molecule has 0 aromatic heterocycles. The number of rotatable bonds is 0. The zero-order chi connectivity index (χ0) is 3.58. The first-order valence-corrected chi connectivity index (χ1v) is 5.35. The van der Waals surface area contributed by atoms with Crippen molar-refractivity contribution in [1.29, 1.82) is 0 Å². The molecule has 0 aliphatic rings. The van der Waals surface area contributed by atoms with Gasteiger partial charge in [-0.25, -0.2) is 0 Å².